The van der Waals surface area contributed by atoms with Gasteiger partial charge in [-0.05, 0) is 38.4 Å². The lowest BCUT2D eigenvalue weighted by atomic mass is 10.1. The summed E-state index contributed by atoms with van der Waals surface area (Å²) >= 11 is 0. The van der Waals surface area contributed by atoms with Gasteiger partial charge >= 0.3 is 0 Å². The number of nitrogen functional groups attached to an aromatic ring is 1. The van der Waals surface area contributed by atoms with Gasteiger partial charge in [0.2, 0.25) is 0 Å². The van der Waals surface area contributed by atoms with E-state index >= 15 is 0 Å². The van der Waals surface area contributed by atoms with Gasteiger partial charge < -0.3 is 15.1 Å². The SMILES string of the molecule is CC1CN2CCCC2CN1c1nc2c(N)cccc2o1. The molecule has 4 rings (SSSR count). The van der Waals surface area contributed by atoms with Crippen molar-refractivity contribution in [3.63, 3.8) is 0 Å². The van der Waals surface area contributed by atoms with Gasteiger partial charge in [-0.25, -0.2) is 0 Å². The number of fused-ring (bicyclic) bond motifs is 2. The normalized spacial score (nSPS) is 27.1. The molecule has 2 N–H and O–H groups in total. The fourth-order valence-electron chi connectivity index (χ4n) is 3.53. The Morgan fingerprint density at radius 3 is 3.10 bits per heavy atom. The minimum atomic E-state index is 0.429. The van der Waals surface area contributed by atoms with Crippen LogP contribution in [0.5, 0.6) is 0 Å². The van der Waals surface area contributed by atoms with Crippen LogP contribution in [0.4, 0.5) is 11.7 Å². The van der Waals surface area contributed by atoms with Crippen molar-refractivity contribution in [3.05, 3.63) is 18.2 Å². The number of piperazine rings is 1. The zero-order valence-corrected chi connectivity index (χ0v) is 11.7. The van der Waals surface area contributed by atoms with Crippen molar-refractivity contribution >= 4 is 22.8 Å². The standard InChI is InChI=1S/C15H20N4O/c1-10-8-18-7-3-4-11(18)9-19(10)15-17-14-12(16)5-2-6-13(14)20-15/h2,5-6,10-11H,3-4,7-9,16H2,1H3. The van der Waals surface area contributed by atoms with Crippen molar-refractivity contribution in [1.29, 1.82) is 0 Å². The van der Waals surface area contributed by atoms with E-state index in [9.17, 15) is 0 Å². The third-order valence-electron chi connectivity index (χ3n) is 4.62. The molecule has 0 amide bonds. The highest BCUT2D eigenvalue weighted by molar-refractivity contribution is 5.86. The highest BCUT2D eigenvalue weighted by atomic mass is 16.4. The average molecular weight is 272 g/mol. The molecule has 106 valence electrons. The van der Waals surface area contributed by atoms with Crippen LogP contribution in [-0.4, -0.2) is 41.6 Å². The van der Waals surface area contributed by atoms with Crippen molar-refractivity contribution in [2.24, 2.45) is 0 Å². The maximum Gasteiger partial charge on any atom is 0.298 e. The smallest absolute Gasteiger partial charge is 0.298 e. The van der Waals surface area contributed by atoms with E-state index in [1.54, 1.807) is 0 Å². The van der Waals surface area contributed by atoms with Crippen molar-refractivity contribution in [3.8, 4) is 0 Å². The molecular weight excluding hydrogens is 252 g/mol. The lowest BCUT2D eigenvalue weighted by Crippen LogP contribution is -2.55. The van der Waals surface area contributed by atoms with E-state index in [2.05, 4.69) is 21.7 Å². The van der Waals surface area contributed by atoms with Gasteiger partial charge in [-0.15, -0.1) is 0 Å². The number of anilines is 2. The van der Waals surface area contributed by atoms with E-state index in [1.165, 1.54) is 19.4 Å². The van der Waals surface area contributed by atoms with Gasteiger partial charge in [-0.3, -0.25) is 4.90 Å². The van der Waals surface area contributed by atoms with Gasteiger partial charge in [0.05, 0.1) is 5.69 Å². The topological polar surface area (TPSA) is 58.5 Å². The molecule has 2 fully saturated rings. The molecule has 0 spiro atoms. The van der Waals surface area contributed by atoms with Crippen LogP contribution in [0.2, 0.25) is 0 Å². The number of rotatable bonds is 1. The Kier molecular flexibility index (Phi) is 2.63. The van der Waals surface area contributed by atoms with Crippen molar-refractivity contribution < 1.29 is 4.42 Å². The zero-order chi connectivity index (χ0) is 13.7. The molecule has 3 heterocycles. The molecule has 1 aromatic heterocycles. The van der Waals surface area contributed by atoms with Crippen LogP contribution in [0.25, 0.3) is 11.1 Å². The van der Waals surface area contributed by atoms with Gasteiger partial charge in [-0.2, -0.15) is 4.98 Å². The van der Waals surface area contributed by atoms with E-state index in [1.807, 2.05) is 18.2 Å². The predicted octanol–water partition coefficient (Wildman–Crippen LogP) is 2.08. The zero-order valence-electron chi connectivity index (χ0n) is 11.7. The second-order valence-corrected chi connectivity index (χ2v) is 5.98. The van der Waals surface area contributed by atoms with Crippen LogP contribution in [0, 0.1) is 0 Å². The van der Waals surface area contributed by atoms with Crippen LogP contribution < -0.4 is 10.6 Å². The minimum absolute atomic E-state index is 0.429. The van der Waals surface area contributed by atoms with Gasteiger partial charge in [0.1, 0.15) is 5.52 Å². The van der Waals surface area contributed by atoms with E-state index in [-0.39, 0.29) is 0 Å². The van der Waals surface area contributed by atoms with Crippen LogP contribution >= 0.6 is 0 Å². The second-order valence-electron chi connectivity index (χ2n) is 5.98. The van der Waals surface area contributed by atoms with E-state index in [0.29, 0.717) is 17.8 Å². The molecule has 2 aliphatic rings. The summed E-state index contributed by atoms with van der Waals surface area (Å²) in [5.41, 5.74) is 8.21. The van der Waals surface area contributed by atoms with Crippen molar-refractivity contribution in [1.82, 2.24) is 9.88 Å². The number of aromatic nitrogens is 1. The lowest BCUT2D eigenvalue weighted by molar-refractivity contribution is 0.198. The molecule has 0 saturated carbocycles. The summed E-state index contributed by atoms with van der Waals surface area (Å²) in [7, 11) is 0. The maximum absolute atomic E-state index is 5.97. The van der Waals surface area contributed by atoms with Crippen LogP contribution in [0.15, 0.2) is 22.6 Å². The van der Waals surface area contributed by atoms with Crippen molar-refractivity contribution in [2.75, 3.05) is 30.3 Å². The molecule has 2 saturated heterocycles. The van der Waals surface area contributed by atoms with Crippen molar-refractivity contribution in [2.45, 2.75) is 31.8 Å². The summed E-state index contributed by atoms with van der Waals surface area (Å²) in [6, 6.07) is 7.51. The number of nitrogens with two attached hydrogens (primary N) is 1. The monoisotopic (exact) mass is 272 g/mol. The summed E-state index contributed by atoms with van der Waals surface area (Å²) < 4.78 is 5.92. The van der Waals surface area contributed by atoms with Crippen LogP contribution in [-0.2, 0) is 0 Å². The molecule has 5 nitrogen and oxygen atoms in total. The first-order valence-electron chi connectivity index (χ1n) is 7.38. The molecule has 0 aliphatic carbocycles. The molecule has 2 unspecified atom stereocenters. The van der Waals surface area contributed by atoms with E-state index < -0.39 is 0 Å². The fraction of sp³-hybridized carbons (Fsp3) is 0.533. The lowest BCUT2D eigenvalue weighted by Gasteiger charge is -2.41. The Labute approximate surface area is 118 Å². The largest absolute Gasteiger partial charge is 0.423 e. The Bertz CT molecular complexity index is 638. The van der Waals surface area contributed by atoms with Gasteiger partial charge in [0.25, 0.3) is 6.01 Å². The number of hydrogen-bond acceptors (Lipinski definition) is 5. The van der Waals surface area contributed by atoms with E-state index in [0.717, 1.165) is 30.2 Å². The number of nitrogens with zero attached hydrogens (tertiary/aromatic N) is 3. The number of oxazole rings is 1. The molecule has 0 bridgehead atoms. The molecule has 5 heteroatoms. The van der Waals surface area contributed by atoms with Gasteiger partial charge in [0, 0.05) is 25.2 Å². The van der Waals surface area contributed by atoms with E-state index in [4.69, 9.17) is 10.2 Å². The summed E-state index contributed by atoms with van der Waals surface area (Å²) in [5.74, 6) is 0. The molecule has 0 radical (unpaired) electrons. The Hall–Kier alpha value is -1.75. The predicted molar refractivity (Wildman–Crippen MR) is 79.8 cm³/mol. The first kappa shape index (κ1) is 12.0. The average Bonchev–Trinajstić information content (AvgIpc) is 3.03. The quantitative estimate of drug-likeness (QED) is 0.805. The Morgan fingerprint density at radius 2 is 2.25 bits per heavy atom. The third kappa shape index (κ3) is 1.77. The number of hydrogen-bond donors (Lipinski definition) is 1. The molecule has 2 aromatic rings. The summed E-state index contributed by atoms with van der Waals surface area (Å²) in [6.07, 6.45) is 2.59. The first-order valence-corrected chi connectivity index (χ1v) is 7.38. The van der Waals surface area contributed by atoms with Gasteiger partial charge in [-0.1, -0.05) is 6.07 Å². The molecule has 20 heavy (non-hydrogen) atoms. The molecule has 2 atom stereocenters. The first-order chi connectivity index (χ1) is 9.72. The Balaban J connectivity index is 1.69. The summed E-state index contributed by atoms with van der Waals surface area (Å²) in [6.45, 7) is 5.59. The van der Waals surface area contributed by atoms with Gasteiger partial charge in [0.15, 0.2) is 5.58 Å². The maximum atomic E-state index is 5.97. The highest BCUT2D eigenvalue weighted by Crippen LogP contribution is 2.31. The van der Waals surface area contributed by atoms with Crippen LogP contribution in [0.1, 0.15) is 19.8 Å². The highest BCUT2D eigenvalue weighted by Gasteiger charge is 2.36. The van der Waals surface area contributed by atoms with Crippen LogP contribution in [0.3, 0.4) is 0 Å². The second kappa shape index (κ2) is 4.38. The third-order valence-corrected chi connectivity index (χ3v) is 4.62. The Morgan fingerprint density at radius 1 is 1.35 bits per heavy atom. The minimum Gasteiger partial charge on any atom is -0.423 e. The summed E-state index contributed by atoms with van der Waals surface area (Å²) in [5, 5.41) is 0. The summed E-state index contributed by atoms with van der Waals surface area (Å²) in [4.78, 5) is 9.51. The molecular formula is C15H20N4O. The molecule has 2 aliphatic heterocycles. The number of benzene rings is 1. The number of para-hydroxylation sites is 1. The fourth-order valence-corrected chi connectivity index (χ4v) is 3.53. The molecule has 1 aromatic carbocycles.